The van der Waals surface area contributed by atoms with Gasteiger partial charge >= 0.3 is 0 Å². The Kier molecular flexibility index (Phi) is 5.95. The molecule has 25 heavy (non-hydrogen) atoms. The van der Waals surface area contributed by atoms with E-state index in [0.717, 1.165) is 25.9 Å². The maximum Gasteiger partial charge on any atom is 0.238 e. The molecule has 0 radical (unpaired) electrons. The maximum atomic E-state index is 12.9. The fourth-order valence-electron chi connectivity index (χ4n) is 3.00. The maximum absolute atomic E-state index is 12.9. The van der Waals surface area contributed by atoms with Crippen molar-refractivity contribution in [2.24, 2.45) is 5.92 Å². The second-order valence-corrected chi connectivity index (χ2v) is 6.28. The Balaban J connectivity index is 1.44. The first-order chi connectivity index (χ1) is 12.2. The van der Waals surface area contributed by atoms with Crippen molar-refractivity contribution in [3.05, 3.63) is 54.5 Å². The van der Waals surface area contributed by atoms with E-state index >= 15 is 0 Å². The largest absolute Gasteiger partial charge is 0.477 e. The molecule has 1 amide bonds. The molecule has 0 spiro atoms. The molecule has 1 aromatic carbocycles. The standard InChI is InChI=1S/C19H22FN3O2/c20-16-6-8-17(9-7-16)22-18(24)13-23-11-3-4-15(12-23)14-25-19-5-1-2-10-21-19/h1-2,5-10,15H,3-4,11-14H2,(H,22,24). The number of carbonyl (C=O) groups is 1. The zero-order valence-corrected chi connectivity index (χ0v) is 14.0. The number of rotatable bonds is 6. The normalized spacial score (nSPS) is 17.9. The van der Waals surface area contributed by atoms with E-state index in [2.05, 4.69) is 15.2 Å². The smallest absolute Gasteiger partial charge is 0.238 e. The monoisotopic (exact) mass is 343 g/mol. The molecule has 1 saturated heterocycles. The molecule has 1 unspecified atom stereocenters. The lowest BCUT2D eigenvalue weighted by atomic mass is 9.99. The van der Waals surface area contributed by atoms with E-state index in [1.165, 1.54) is 12.1 Å². The minimum atomic E-state index is -0.315. The van der Waals surface area contributed by atoms with E-state index < -0.39 is 0 Å². The average Bonchev–Trinajstić information content (AvgIpc) is 2.63. The van der Waals surface area contributed by atoms with Crippen molar-refractivity contribution in [2.75, 3.05) is 31.6 Å². The van der Waals surface area contributed by atoms with Crippen LogP contribution in [-0.4, -0.2) is 42.0 Å². The van der Waals surface area contributed by atoms with Crippen molar-refractivity contribution < 1.29 is 13.9 Å². The molecule has 2 heterocycles. The number of benzene rings is 1. The number of hydrogen-bond donors (Lipinski definition) is 1. The molecule has 5 nitrogen and oxygen atoms in total. The van der Waals surface area contributed by atoms with Crippen molar-refractivity contribution in [3.8, 4) is 5.88 Å². The number of ether oxygens (including phenoxy) is 1. The third kappa shape index (κ3) is 5.53. The van der Waals surface area contributed by atoms with E-state index in [4.69, 9.17) is 4.74 Å². The van der Waals surface area contributed by atoms with Gasteiger partial charge in [-0.3, -0.25) is 9.69 Å². The van der Waals surface area contributed by atoms with Crippen LogP contribution in [0.1, 0.15) is 12.8 Å². The minimum Gasteiger partial charge on any atom is -0.477 e. The molecular formula is C19H22FN3O2. The number of piperidine rings is 1. The van der Waals surface area contributed by atoms with Crippen molar-refractivity contribution in [2.45, 2.75) is 12.8 Å². The third-order valence-corrected chi connectivity index (χ3v) is 4.20. The fraction of sp³-hybridized carbons (Fsp3) is 0.368. The van der Waals surface area contributed by atoms with Gasteiger partial charge in [0.15, 0.2) is 0 Å². The summed E-state index contributed by atoms with van der Waals surface area (Å²) in [6, 6.07) is 11.4. The first-order valence-electron chi connectivity index (χ1n) is 8.50. The quantitative estimate of drug-likeness (QED) is 0.876. The summed E-state index contributed by atoms with van der Waals surface area (Å²) < 4.78 is 18.6. The molecule has 0 bridgehead atoms. The van der Waals surface area contributed by atoms with Crippen molar-refractivity contribution >= 4 is 11.6 Å². The van der Waals surface area contributed by atoms with Gasteiger partial charge in [0.25, 0.3) is 0 Å². The predicted molar refractivity (Wildman–Crippen MR) is 93.9 cm³/mol. The zero-order valence-electron chi connectivity index (χ0n) is 14.0. The van der Waals surface area contributed by atoms with E-state index in [1.807, 2.05) is 18.2 Å². The van der Waals surface area contributed by atoms with Gasteiger partial charge in [0, 0.05) is 30.4 Å². The highest BCUT2D eigenvalue weighted by molar-refractivity contribution is 5.92. The lowest BCUT2D eigenvalue weighted by Gasteiger charge is -2.31. The van der Waals surface area contributed by atoms with Crippen LogP contribution in [-0.2, 0) is 4.79 Å². The molecule has 1 aliphatic rings. The average molecular weight is 343 g/mol. The number of nitrogens with one attached hydrogen (secondary N) is 1. The molecule has 1 fully saturated rings. The Morgan fingerprint density at radius 2 is 2.12 bits per heavy atom. The van der Waals surface area contributed by atoms with Crippen LogP contribution in [0.25, 0.3) is 0 Å². The van der Waals surface area contributed by atoms with Gasteiger partial charge in [-0.2, -0.15) is 0 Å². The van der Waals surface area contributed by atoms with Gasteiger partial charge in [0.1, 0.15) is 5.82 Å². The van der Waals surface area contributed by atoms with Crippen LogP contribution in [0.5, 0.6) is 5.88 Å². The number of anilines is 1. The molecular weight excluding hydrogens is 321 g/mol. The molecule has 1 aliphatic heterocycles. The summed E-state index contributed by atoms with van der Waals surface area (Å²) in [5.74, 6) is 0.616. The summed E-state index contributed by atoms with van der Waals surface area (Å²) in [7, 11) is 0. The molecule has 1 aromatic heterocycles. The van der Waals surface area contributed by atoms with Gasteiger partial charge in [-0.15, -0.1) is 0 Å². The topological polar surface area (TPSA) is 54.5 Å². The van der Waals surface area contributed by atoms with Crippen LogP contribution >= 0.6 is 0 Å². The number of likely N-dealkylation sites (tertiary alicyclic amines) is 1. The Morgan fingerprint density at radius 3 is 2.88 bits per heavy atom. The lowest BCUT2D eigenvalue weighted by Crippen LogP contribution is -2.42. The molecule has 3 rings (SSSR count). The highest BCUT2D eigenvalue weighted by atomic mass is 19.1. The number of pyridine rings is 1. The number of hydrogen-bond acceptors (Lipinski definition) is 4. The van der Waals surface area contributed by atoms with E-state index in [-0.39, 0.29) is 11.7 Å². The molecule has 0 saturated carbocycles. The number of carbonyl (C=O) groups excluding carboxylic acids is 1. The second-order valence-electron chi connectivity index (χ2n) is 6.28. The van der Waals surface area contributed by atoms with Crippen LogP contribution in [0.3, 0.4) is 0 Å². The van der Waals surface area contributed by atoms with E-state index in [9.17, 15) is 9.18 Å². The van der Waals surface area contributed by atoms with Gasteiger partial charge < -0.3 is 10.1 Å². The Morgan fingerprint density at radius 1 is 1.28 bits per heavy atom. The van der Waals surface area contributed by atoms with E-state index in [1.54, 1.807) is 18.3 Å². The summed E-state index contributed by atoms with van der Waals surface area (Å²) >= 11 is 0. The summed E-state index contributed by atoms with van der Waals surface area (Å²) in [5.41, 5.74) is 0.610. The predicted octanol–water partition coefficient (Wildman–Crippen LogP) is 2.95. The Bertz CT molecular complexity index is 679. The lowest BCUT2D eigenvalue weighted by molar-refractivity contribution is -0.117. The molecule has 1 N–H and O–H groups in total. The number of nitrogens with zero attached hydrogens (tertiary/aromatic N) is 2. The van der Waals surface area contributed by atoms with Crippen molar-refractivity contribution in [3.63, 3.8) is 0 Å². The molecule has 2 aromatic rings. The molecule has 0 aliphatic carbocycles. The van der Waals surface area contributed by atoms with Crippen LogP contribution in [0.15, 0.2) is 48.7 Å². The van der Waals surface area contributed by atoms with Gasteiger partial charge in [-0.25, -0.2) is 9.37 Å². The number of aromatic nitrogens is 1. The Hall–Kier alpha value is -2.47. The fourth-order valence-corrected chi connectivity index (χ4v) is 3.00. The molecule has 6 heteroatoms. The third-order valence-electron chi connectivity index (χ3n) is 4.20. The van der Waals surface area contributed by atoms with Crippen molar-refractivity contribution in [1.29, 1.82) is 0 Å². The zero-order chi connectivity index (χ0) is 17.5. The number of halogens is 1. The van der Waals surface area contributed by atoms with Crippen molar-refractivity contribution in [1.82, 2.24) is 9.88 Å². The summed E-state index contributed by atoms with van der Waals surface area (Å²) in [4.78, 5) is 18.5. The highest BCUT2D eigenvalue weighted by Crippen LogP contribution is 2.18. The van der Waals surface area contributed by atoms with Crippen LogP contribution in [0.2, 0.25) is 0 Å². The summed E-state index contributed by atoms with van der Waals surface area (Å²) in [5, 5.41) is 2.80. The van der Waals surface area contributed by atoms with Gasteiger partial charge in [-0.05, 0) is 49.7 Å². The summed E-state index contributed by atoms with van der Waals surface area (Å²) in [6.45, 7) is 2.66. The minimum absolute atomic E-state index is 0.0853. The molecule has 1 atom stereocenters. The Labute approximate surface area is 146 Å². The first-order valence-corrected chi connectivity index (χ1v) is 8.50. The van der Waals surface area contributed by atoms with Gasteiger partial charge in [0.05, 0.1) is 13.2 Å². The number of amides is 1. The van der Waals surface area contributed by atoms with Crippen LogP contribution in [0, 0.1) is 11.7 Å². The van der Waals surface area contributed by atoms with Crippen LogP contribution in [0.4, 0.5) is 10.1 Å². The SMILES string of the molecule is O=C(CN1CCCC(COc2ccccn2)C1)Nc1ccc(F)cc1. The first kappa shape index (κ1) is 17.4. The highest BCUT2D eigenvalue weighted by Gasteiger charge is 2.22. The van der Waals surface area contributed by atoms with E-state index in [0.29, 0.717) is 30.6 Å². The van der Waals surface area contributed by atoms with Gasteiger partial charge in [0.2, 0.25) is 11.8 Å². The van der Waals surface area contributed by atoms with Gasteiger partial charge in [-0.1, -0.05) is 6.07 Å². The van der Waals surface area contributed by atoms with Crippen LogP contribution < -0.4 is 10.1 Å². The molecule has 132 valence electrons. The second kappa shape index (κ2) is 8.58. The summed E-state index contributed by atoms with van der Waals surface area (Å²) in [6.07, 6.45) is 3.84.